The number of anilines is 1. The van der Waals surface area contributed by atoms with Crippen molar-refractivity contribution in [1.82, 2.24) is 15.0 Å². The maximum absolute atomic E-state index is 13.6. The van der Waals surface area contributed by atoms with Crippen LogP contribution in [0.5, 0.6) is 0 Å². The summed E-state index contributed by atoms with van der Waals surface area (Å²) in [5.41, 5.74) is 4.66. The van der Waals surface area contributed by atoms with Gasteiger partial charge in [-0.15, -0.1) is 0 Å². The summed E-state index contributed by atoms with van der Waals surface area (Å²) in [6, 6.07) is 9.43. The lowest BCUT2D eigenvalue weighted by Crippen LogP contribution is -2.34. The molecule has 0 saturated heterocycles. The van der Waals surface area contributed by atoms with E-state index in [4.69, 9.17) is 0 Å². The van der Waals surface area contributed by atoms with E-state index >= 15 is 0 Å². The van der Waals surface area contributed by atoms with Crippen molar-refractivity contribution < 1.29 is 13.6 Å². The number of nitrogens with zero attached hydrogens (tertiary/aromatic N) is 2. The van der Waals surface area contributed by atoms with Crippen molar-refractivity contribution in [3.63, 3.8) is 0 Å². The fourth-order valence-corrected chi connectivity index (χ4v) is 2.41. The lowest BCUT2D eigenvalue weighted by molar-refractivity contribution is 0.0958. The maximum atomic E-state index is 13.6. The van der Waals surface area contributed by atoms with Gasteiger partial charge in [0.25, 0.3) is 11.5 Å². The topological polar surface area (TPSA) is 76.0 Å². The summed E-state index contributed by atoms with van der Waals surface area (Å²) in [5, 5.41) is 0.450. The first-order valence-electron chi connectivity index (χ1n) is 7.52. The van der Waals surface area contributed by atoms with E-state index in [-0.39, 0.29) is 17.1 Å². The minimum absolute atomic E-state index is 0.113. The summed E-state index contributed by atoms with van der Waals surface area (Å²) in [6.45, 7) is 2.07. The molecule has 2 aromatic carbocycles. The third kappa shape index (κ3) is 3.18. The van der Waals surface area contributed by atoms with E-state index in [1.165, 1.54) is 4.57 Å². The number of carbonyl (C=O) groups is 1. The molecule has 0 aliphatic heterocycles. The van der Waals surface area contributed by atoms with Gasteiger partial charge in [0.1, 0.15) is 11.6 Å². The van der Waals surface area contributed by atoms with E-state index in [1.807, 2.05) is 0 Å². The largest absolute Gasteiger partial charge is 0.277 e. The van der Waals surface area contributed by atoms with Gasteiger partial charge in [-0.25, -0.2) is 13.8 Å². The minimum atomic E-state index is -0.987. The molecule has 1 amide bonds. The summed E-state index contributed by atoms with van der Waals surface area (Å²) < 4.78 is 27.9. The standard InChI is InChI=1S/C17H14F2N4O2/c1-2-23-16(25)12-5-3-4-6-14(12)20-17(23)22-21-15(24)11-8-7-10(18)9-13(11)19/h3-9H,2H2,1H3,(H,20,22)(H,21,24). The Morgan fingerprint density at radius 2 is 1.96 bits per heavy atom. The van der Waals surface area contributed by atoms with Gasteiger partial charge in [0, 0.05) is 12.6 Å². The fraction of sp³-hybridized carbons (Fsp3) is 0.118. The molecule has 0 bridgehead atoms. The molecule has 2 N–H and O–H groups in total. The molecule has 3 aromatic rings. The molecule has 0 saturated carbocycles. The quantitative estimate of drug-likeness (QED) is 0.713. The van der Waals surface area contributed by atoms with Crippen molar-refractivity contribution in [3.05, 3.63) is 70.0 Å². The molecule has 8 heteroatoms. The number of rotatable bonds is 4. The first-order valence-corrected chi connectivity index (χ1v) is 7.52. The monoisotopic (exact) mass is 344 g/mol. The number of carbonyl (C=O) groups excluding carboxylic acids is 1. The number of nitrogens with one attached hydrogen (secondary N) is 2. The van der Waals surface area contributed by atoms with Crippen molar-refractivity contribution in [1.29, 1.82) is 0 Å². The minimum Gasteiger partial charge on any atom is -0.277 e. The van der Waals surface area contributed by atoms with E-state index in [2.05, 4.69) is 15.8 Å². The van der Waals surface area contributed by atoms with E-state index in [0.717, 1.165) is 12.1 Å². The summed E-state index contributed by atoms with van der Waals surface area (Å²) in [6.07, 6.45) is 0. The molecular weight excluding hydrogens is 330 g/mol. The van der Waals surface area contributed by atoms with E-state index in [1.54, 1.807) is 31.2 Å². The van der Waals surface area contributed by atoms with Gasteiger partial charge in [-0.05, 0) is 31.2 Å². The Morgan fingerprint density at radius 1 is 1.20 bits per heavy atom. The Balaban J connectivity index is 1.90. The highest BCUT2D eigenvalue weighted by Gasteiger charge is 2.14. The Labute approximate surface area is 141 Å². The van der Waals surface area contributed by atoms with Crippen LogP contribution >= 0.6 is 0 Å². The van der Waals surface area contributed by atoms with Crippen LogP contribution in [0.4, 0.5) is 14.7 Å². The smallest absolute Gasteiger partial charge is 0.272 e. The van der Waals surface area contributed by atoms with Crippen molar-refractivity contribution in [2.24, 2.45) is 0 Å². The van der Waals surface area contributed by atoms with Crippen LogP contribution in [-0.2, 0) is 6.54 Å². The molecule has 128 valence electrons. The SMILES string of the molecule is CCn1c(NNC(=O)c2ccc(F)cc2F)nc2ccccc2c1=O. The highest BCUT2D eigenvalue weighted by molar-refractivity contribution is 5.95. The molecule has 1 heterocycles. The van der Waals surface area contributed by atoms with Crippen molar-refractivity contribution >= 4 is 22.8 Å². The van der Waals surface area contributed by atoms with Crippen molar-refractivity contribution in [2.45, 2.75) is 13.5 Å². The van der Waals surface area contributed by atoms with Crippen LogP contribution in [0.25, 0.3) is 10.9 Å². The zero-order chi connectivity index (χ0) is 18.0. The lowest BCUT2D eigenvalue weighted by Gasteiger charge is -2.14. The van der Waals surface area contributed by atoms with Crippen LogP contribution in [0, 0.1) is 11.6 Å². The number of fused-ring (bicyclic) bond motifs is 1. The molecule has 3 rings (SSSR count). The van der Waals surface area contributed by atoms with Crippen molar-refractivity contribution in [2.75, 3.05) is 5.43 Å². The van der Waals surface area contributed by atoms with Gasteiger partial charge in [0.2, 0.25) is 5.95 Å². The summed E-state index contributed by atoms with van der Waals surface area (Å²) >= 11 is 0. The summed E-state index contributed by atoms with van der Waals surface area (Å²) in [4.78, 5) is 28.8. The molecule has 0 unspecified atom stereocenters. The second-order valence-corrected chi connectivity index (χ2v) is 5.21. The average Bonchev–Trinajstić information content (AvgIpc) is 2.60. The number of aromatic nitrogens is 2. The number of amides is 1. The molecule has 0 radical (unpaired) electrons. The van der Waals surface area contributed by atoms with Crippen LogP contribution in [0.3, 0.4) is 0 Å². The average molecular weight is 344 g/mol. The number of hydrazine groups is 1. The molecule has 25 heavy (non-hydrogen) atoms. The summed E-state index contributed by atoms with van der Waals surface area (Å²) in [7, 11) is 0. The normalized spacial score (nSPS) is 10.7. The number of benzene rings is 2. The third-order valence-corrected chi connectivity index (χ3v) is 3.64. The zero-order valence-corrected chi connectivity index (χ0v) is 13.2. The van der Waals surface area contributed by atoms with E-state index in [9.17, 15) is 18.4 Å². The summed E-state index contributed by atoms with van der Waals surface area (Å²) in [5.74, 6) is -2.47. The third-order valence-electron chi connectivity index (χ3n) is 3.64. The van der Waals surface area contributed by atoms with E-state index in [0.29, 0.717) is 23.5 Å². The van der Waals surface area contributed by atoms with Crippen LogP contribution in [0.2, 0.25) is 0 Å². The Bertz CT molecular complexity index is 1020. The van der Waals surface area contributed by atoms with Gasteiger partial charge < -0.3 is 0 Å². The maximum Gasteiger partial charge on any atom is 0.272 e. The molecule has 0 aliphatic rings. The van der Waals surface area contributed by atoms with Crippen LogP contribution < -0.4 is 16.4 Å². The van der Waals surface area contributed by atoms with Crippen LogP contribution in [0.1, 0.15) is 17.3 Å². The highest BCUT2D eigenvalue weighted by Crippen LogP contribution is 2.12. The number of hydrogen-bond donors (Lipinski definition) is 2. The second-order valence-electron chi connectivity index (χ2n) is 5.21. The van der Waals surface area contributed by atoms with Gasteiger partial charge in [-0.3, -0.25) is 25.0 Å². The molecule has 0 spiro atoms. The van der Waals surface area contributed by atoms with Crippen molar-refractivity contribution in [3.8, 4) is 0 Å². The fourth-order valence-electron chi connectivity index (χ4n) is 2.41. The Hall–Kier alpha value is -3.29. The first-order chi connectivity index (χ1) is 12.0. The van der Waals surface area contributed by atoms with Gasteiger partial charge in [-0.1, -0.05) is 12.1 Å². The number of para-hydroxylation sites is 1. The zero-order valence-electron chi connectivity index (χ0n) is 13.2. The molecule has 6 nitrogen and oxygen atoms in total. The van der Waals surface area contributed by atoms with Crippen LogP contribution in [-0.4, -0.2) is 15.5 Å². The molecule has 1 aromatic heterocycles. The predicted octanol–water partition coefficient (Wildman–Crippen LogP) is 2.45. The van der Waals surface area contributed by atoms with Crippen LogP contribution in [0.15, 0.2) is 47.3 Å². The lowest BCUT2D eigenvalue weighted by atomic mass is 10.2. The van der Waals surface area contributed by atoms with Gasteiger partial charge in [-0.2, -0.15) is 0 Å². The Morgan fingerprint density at radius 3 is 2.68 bits per heavy atom. The molecule has 0 atom stereocenters. The Kier molecular flexibility index (Phi) is 4.42. The van der Waals surface area contributed by atoms with Gasteiger partial charge >= 0.3 is 0 Å². The second kappa shape index (κ2) is 6.68. The number of halogens is 2. The highest BCUT2D eigenvalue weighted by atomic mass is 19.1. The molecular formula is C17H14F2N4O2. The predicted molar refractivity (Wildman–Crippen MR) is 89.1 cm³/mol. The first kappa shape index (κ1) is 16.6. The van der Waals surface area contributed by atoms with Gasteiger partial charge in [0.15, 0.2) is 0 Å². The van der Waals surface area contributed by atoms with Gasteiger partial charge in [0.05, 0.1) is 16.5 Å². The molecule has 0 aliphatic carbocycles. The molecule has 0 fully saturated rings. The number of hydrogen-bond acceptors (Lipinski definition) is 4. The van der Waals surface area contributed by atoms with E-state index < -0.39 is 17.5 Å².